The molecule has 1 aromatic carbocycles. The highest BCUT2D eigenvalue weighted by Crippen LogP contribution is 2.23. The number of carboxylic acid groups (broad SMARTS) is 1. The highest BCUT2D eigenvalue weighted by atomic mass is 79.9. The lowest BCUT2D eigenvalue weighted by Crippen LogP contribution is -2.32. The van der Waals surface area contributed by atoms with Gasteiger partial charge in [-0.1, -0.05) is 6.07 Å². The molecule has 0 saturated heterocycles. The molecule has 0 aliphatic carbocycles. The van der Waals surface area contributed by atoms with Crippen molar-refractivity contribution in [2.45, 2.75) is 19.4 Å². The van der Waals surface area contributed by atoms with Crippen LogP contribution in [0.2, 0.25) is 0 Å². The van der Waals surface area contributed by atoms with Crippen LogP contribution in [0.4, 0.5) is 5.69 Å². The predicted octanol–water partition coefficient (Wildman–Crippen LogP) is 1.97. The smallest absolute Gasteiger partial charge is 0.320 e. The van der Waals surface area contributed by atoms with Gasteiger partial charge in [0.25, 0.3) is 0 Å². The zero-order valence-electron chi connectivity index (χ0n) is 9.03. The maximum Gasteiger partial charge on any atom is 0.320 e. The van der Waals surface area contributed by atoms with Crippen LogP contribution in [0.1, 0.15) is 12.0 Å². The Morgan fingerprint density at radius 1 is 1.62 bits per heavy atom. The number of aryl methyl sites for hydroxylation is 1. The maximum atomic E-state index is 10.5. The summed E-state index contributed by atoms with van der Waals surface area (Å²) in [7, 11) is 0. The fraction of sp³-hybridized carbons (Fsp3) is 0.364. The Morgan fingerprint density at radius 2 is 2.31 bits per heavy atom. The van der Waals surface area contributed by atoms with Crippen molar-refractivity contribution in [2.75, 3.05) is 11.9 Å². The normalized spacial score (nSPS) is 12.2. The van der Waals surface area contributed by atoms with E-state index in [2.05, 4.69) is 21.2 Å². The van der Waals surface area contributed by atoms with Crippen molar-refractivity contribution in [3.63, 3.8) is 0 Å². The maximum absolute atomic E-state index is 10.5. The molecular weight excluding hydrogens is 272 g/mol. The quantitative estimate of drug-likeness (QED) is 0.774. The van der Waals surface area contributed by atoms with Gasteiger partial charge in [0.15, 0.2) is 0 Å². The number of benzene rings is 1. The average Bonchev–Trinajstić information content (AvgIpc) is 2.20. The van der Waals surface area contributed by atoms with Crippen molar-refractivity contribution in [2.24, 2.45) is 5.73 Å². The van der Waals surface area contributed by atoms with Gasteiger partial charge in [0.05, 0.1) is 0 Å². The number of halogens is 1. The summed E-state index contributed by atoms with van der Waals surface area (Å²) in [5.41, 5.74) is 7.51. The van der Waals surface area contributed by atoms with Gasteiger partial charge >= 0.3 is 5.97 Å². The van der Waals surface area contributed by atoms with Crippen LogP contribution in [0.5, 0.6) is 0 Å². The van der Waals surface area contributed by atoms with Gasteiger partial charge in [-0.15, -0.1) is 0 Å². The van der Waals surface area contributed by atoms with Gasteiger partial charge in [-0.3, -0.25) is 4.79 Å². The minimum atomic E-state index is -0.968. The lowest BCUT2D eigenvalue weighted by atomic mass is 10.2. The van der Waals surface area contributed by atoms with E-state index < -0.39 is 12.0 Å². The molecule has 0 aliphatic heterocycles. The third-order valence-corrected chi connectivity index (χ3v) is 2.87. The molecule has 0 aliphatic rings. The number of carbonyl (C=O) groups is 1. The average molecular weight is 287 g/mol. The van der Waals surface area contributed by atoms with E-state index in [1.165, 1.54) is 5.56 Å². The first-order chi connectivity index (χ1) is 7.50. The van der Waals surface area contributed by atoms with Crippen LogP contribution in [0.3, 0.4) is 0 Å². The van der Waals surface area contributed by atoms with E-state index in [9.17, 15) is 4.79 Å². The van der Waals surface area contributed by atoms with Crippen LogP contribution >= 0.6 is 15.9 Å². The Morgan fingerprint density at radius 3 is 2.88 bits per heavy atom. The number of hydrogen-bond acceptors (Lipinski definition) is 3. The first-order valence-electron chi connectivity index (χ1n) is 4.99. The summed E-state index contributed by atoms with van der Waals surface area (Å²) in [6, 6.07) is 5.13. The van der Waals surface area contributed by atoms with E-state index in [-0.39, 0.29) is 0 Å². The molecule has 1 rings (SSSR count). The second kappa shape index (κ2) is 5.86. The monoisotopic (exact) mass is 286 g/mol. The molecule has 0 saturated carbocycles. The molecule has 0 radical (unpaired) electrons. The number of rotatable bonds is 5. The van der Waals surface area contributed by atoms with Crippen LogP contribution < -0.4 is 11.1 Å². The number of nitrogens with two attached hydrogens (primary N) is 1. The van der Waals surface area contributed by atoms with Crippen molar-refractivity contribution in [1.29, 1.82) is 0 Å². The van der Waals surface area contributed by atoms with Gasteiger partial charge in [-0.2, -0.15) is 0 Å². The fourth-order valence-electron chi connectivity index (χ4n) is 1.25. The highest BCUT2D eigenvalue weighted by Gasteiger charge is 2.10. The van der Waals surface area contributed by atoms with Crippen molar-refractivity contribution in [3.05, 3.63) is 28.2 Å². The second-order valence-corrected chi connectivity index (χ2v) is 4.50. The number of aliphatic carboxylic acids is 1. The summed E-state index contributed by atoms with van der Waals surface area (Å²) >= 11 is 3.43. The molecule has 0 spiro atoms. The first kappa shape index (κ1) is 13.0. The third-order valence-electron chi connectivity index (χ3n) is 2.21. The molecule has 0 fully saturated rings. The zero-order valence-corrected chi connectivity index (χ0v) is 10.6. The molecule has 1 atom stereocenters. The SMILES string of the molecule is Cc1ccc(NCCC(N)C(=O)O)c(Br)c1. The Hall–Kier alpha value is -1.07. The molecule has 5 heteroatoms. The minimum absolute atomic E-state index is 0.398. The zero-order chi connectivity index (χ0) is 12.1. The minimum Gasteiger partial charge on any atom is -0.480 e. The summed E-state index contributed by atoms with van der Waals surface area (Å²) in [6.07, 6.45) is 0.398. The molecule has 0 amide bonds. The largest absolute Gasteiger partial charge is 0.480 e. The van der Waals surface area contributed by atoms with E-state index in [1.807, 2.05) is 25.1 Å². The van der Waals surface area contributed by atoms with Gasteiger partial charge in [0.1, 0.15) is 6.04 Å². The standard InChI is InChI=1S/C11H15BrN2O2/c1-7-2-3-10(8(12)6-7)14-5-4-9(13)11(15)16/h2-3,6,9,14H,4-5,13H2,1H3,(H,15,16). The Balaban J connectivity index is 2.46. The van der Waals surface area contributed by atoms with Crippen LogP contribution in [0.15, 0.2) is 22.7 Å². The summed E-state index contributed by atoms with van der Waals surface area (Å²) in [4.78, 5) is 10.5. The molecule has 0 bridgehead atoms. The number of nitrogens with one attached hydrogen (secondary N) is 1. The lowest BCUT2D eigenvalue weighted by molar-refractivity contribution is -0.138. The van der Waals surface area contributed by atoms with Gasteiger partial charge in [-0.25, -0.2) is 0 Å². The topological polar surface area (TPSA) is 75.3 Å². The lowest BCUT2D eigenvalue weighted by Gasteiger charge is -2.10. The number of carboxylic acids is 1. The molecule has 4 nitrogen and oxygen atoms in total. The van der Waals surface area contributed by atoms with Gasteiger partial charge < -0.3 is 16.2 Å². The third kappa shape index (κ3) is 3.83. The van der Waals surface area contributed by atoms with Gasteiger partial charge in [0.2, 0.25) is 0 Å². The summed E-state index contributed by atoms with van der Waals surface area (Å²) < 4.78 is 0.969. The second-order valence-electron chi connectivity index (χ2n) is 3.64. The van der Waals surface area contributed by atoms with Crippen molar-refractivity contribution < 1.29 is 9.90 Å². The molecule has 1 aromatic rings. The van der Waals surface area contributed by atoms with E-state index in [1.54, 1.807) is 0 Å². The molecular formula is C11H15BrN2O2. The van der Waals surface area contributed by atoms with E-state index in [0.717, 1.165) is 10.2 Å². The van der Waals surface area contributed by atoms with Crippen LogP contribution in [0.25, 0.3) is 0 Å². The predicted molar refractivity (Wildman–Crippen MR) is 67.6 cm³/mol. The van der Waals surface area contributed by atoms with E-state index >= 15 is 0 Å². The number of anilines is 1. The van der Waals surface area contributed by atoms with Crippen molar-refractivity contribution in [1.82, 2.24) is 0 Å². The molecule has 88 valence electrons. The molecule has 0 heterocycles. The Labute approximate surface area is 103 Å². The van der Waals surface area contributed by atoms with E-state index in [0.29, 0.717) is 13.0 Å². The molecule has 16 heavy (non-hydrogen) atoms. The molecule has 0 aromatic heterocycles. The fourth-order valence-corrected chi connectivity index (χ4v) is 1.88. The Bertz CT molecular complexity index is 382. The van der Waals surface area contributed by atoms with Crippen molar-refractivity contribution in [3.8, 4) is 0 Å². The summed E-state index contributed by atoms with van der Waals surface area (Å²) in [5, 5.41) is 11.7. The highest BCUT2D eigenvalue weighted by molar-refractivity contribution is 9.10. The van der Waals surface area contributed by atoms with Crippen molar-refractivity contribution >= 4 is 27.6 Å². The van der Waals surface area contributed by atoms with Crippen LogP contribution in [-0.4, -0.2) is 23.7 Å². The van der Waals surface area contributed by atoms with Gasteiger partial charge in [0, 0.05) is 16.7 Å². The first-order valence-corrected chi connectivity index (χ1v) is 5.78. The van der Waals surface area contributed by atoms with Crippen LogP contribution in [-0.2, 0) is 4.79 Å². The summed E-state index contributed by atoms with van der Waals surface area (Å²) in [5.74, 6) is -0.968. The van der Waals surface area contributed by atoms with Gasteiger partial charge in [-0.05, 0) is 47.0 Å². The number of hydrogen-bond donors (Lipinski definition) is 3. The molecule has 4 N–H and O–H groups in total. The Kier molecular flexibility index (Phi) is 4.76. The molecule has 1 unspecified atom stereocenters. The van der Waals surface area contributed by atoms with E-state index in [4.69, 9.17) is 10.8 Å². The summed E-state index contributed by atoms with van der Waals surface area (Å²) in [6.45, 7) is 2.55. The van der Waals surface area contributed by atoms with Crippen LogP contribution in [0, 0.1) is 6.92 Å².